The van der Waals surface area contributed by atoms with Gasteiger partial charge in [0, 0.05) is 44.8 Å². The van der Waals surface area contributed by atoms with Gasteiger partial charge in [0.2, 0.25) is 6.79 Å². The van der Waals surface area contributed by atoms with Gasteiger partial charge in [-0.3, -0.25) is 9.80 Å². The summed E-state index contributed by atoms with van der Waals surface area (Å²) in [4.78, 5) is 4.83. The van der Waals surface area contributed by atoms with Gasteiger partial charge in [-0.05, 0) is 36.2 Å². The van der Waals surface area contributed by atoms with Crippen molar-refractivity contribution >= 4 is 0 Å². The smallest absolute Gasteiger partial charge is 0.231 e. The third kappa shape index (κ3) is 3.96. The Balaban J connectivity index is 1.33. The number of ether oxygens (including phenoxy) is 3. The molecule has 2 aliphatic heterocycles. The second-order valence-electron chi connectivity index (χ2n) is 7.21. The molecule has 2 heterocycles. The highest BCUT2D eigenvalue weighted by molar-refractivity contribution is 5.48. The van der Waals surface area contributed by atoms with E-state index in [9.17, 15) is 5.11 Å². The SMILES string of the molecule is COc1cc(C)cc(CN2CCN(Cc3ccc4c(c3)OCO4)CC2)c1O. The minimum atomic E-state index is 0.255. The van der Waals surface area contributed by atoms with E-state index < -0.39 is 0 Å². The van der Waals surface area contributed by atoms with Crippen LogP contribution in [0.3, 0.4) is 0 Å². The molecule has 0 spiro atoms. The third-order valence-corrected chi connectivity index (χ3v) is 5.22. The molecule has 0 saturated carbocycles. The van der Waals surface area contributed by atoms with Gasteiger partial charge in [0.25, 0.3) is 0 Å². The molecular weight excluding hydrogens is 344 g/mol. The van der Waals surface area contributed by atoms with Crippen LogP contribution < -0.4 is 14.2 Å². The van der Waals surface area contributed by atoms with Crippen LogP contribution >= 0.6 is 0 Å². The molecule has 0 aliphatic carbocycles. The molecule has 0 bridgehead atoms. The Hall–Kier alpha value is -2.44. The van der Waals surface area contributed by atoms with Crippen LogP contribution in [0.25, 0.3) is 0 Å². The highest BCUT2D eigenvalue weighted by Crippen LogP contribution is 2.34. The highest BCUT2D eigenvalue weighted by Gasteiger charge is 2.20. The van der Waals surface area contributed by atoms with Crippen LogP contribution in [0.15, 0.2) is 30.3 Å². The van der Waals surface area contributed by atoms with Crippen molar-refractivity contribution in [2.24, 2.45) is 0 Å². The fraction of sp³-hybridized carbons (Fsp3) is 0.429. The van der Waals surface area contributed by atoms with Gasteiger partial charge in [-0.25, -0.2) is 0 Å². The van der Waals surface area contributed by atoms with Crippen LogP contribution in [-0.2, 0) is 13.1 Å². The molecule has 2 aromatic rings. The first-order valence-corrected chi connectivity index (χ1v) is 9.32. The molecule has 27 heavy (non-hydrogen) atoms. The van der Waals surface area contributed by atoms with Crippen LogP contribution in [0.2, 0.25) is 0 Å². The molecule has 2 aliphatic rings. The van der Waals surface area contributed by atoms with Crippen LogP contribution in [-0.4, -0.2) is 55.0 Å². The second kappa shape index (κ2) is 7.66. The summed E-state index contributed by atoms with van der Waals surface area (Å²) in [6.45, 7) is 7.93. The van der Waals surface area contributed by atoms with E-state index in [1.807, 2.05) is 25.1 Å². The molecule has 6 heteroatoms. The Kier molecular flexibility index (Phi) is 5.09. The lowest BCUT2D eigenvalue weighted by molar-refractivity contribution is 0.121. The van der Waals surface area contributed by atoms with E-state index in [-0.39, 0.29) is 5.75 Å². The zero-order valence-corrected chi connectivity index (χ0v) is 15.9. The maximum absolute atomic E-state index is 10.4. The number of nitrogens with zero attached hydrogens (tertiary/aromatic N) is 2. The number of methoxy groups -OCH3 is 1. The first-order chi connectivity index (χ1) is 13.1. The normalized spacial score (nSPS) is 17.3. The Morgan fingerprint density at radius 2 is 1.67 bits per heavy atom. The molecule has 0 atom stereocenters. The van der Waals surface area contributed by atoms with E-state index in [0.717, 1.165) is 61.9 Å². The van der Waals surface area contributed by atoms with Crippen molar-refractivity contribution in [1.29, 1.82) is 0 Å². The summed E-state index contributed by atoms with van der Waals surface area (Å²) in [6.07, 6.45) is 0. The van der Waals surface area contributed by atoms with Crippen LogP contribution in [0.4, 0.5) is 0 Å². The van der Waals surface area contributed by atoms with Crippen molar-refractivity contribution in [2.45, 2.75) is 20.0 Å². The second-order valence-corrected chi connectivity index (χ2v) is 7.21. The predicted molar refractivity (Wildman–Crippen MR) is 103 cm³/mol. The topological polar surface area (TPSA) is 54.4 Å². The van der Waals surface area contributed by atoms with E-state index >= 15 is 0 Å². The van der Waals surface area contributed by atoms with Crippen molar-refractivity contribution in [3.63, 3.8) is 0 Å². The summed E-state index contributed by atoms with van der Waals surface area (Å²) >= 11 is 0. The minimum Gasteiger partial charge on any atom is -0.504 e. The average molecular weight is 370 g/mol. The average Bonchev–Trinajstić information content (AvgIpc) is 3.14. The number of hydrogen-bond acceptors (Lipinski definition) is 6. The summed E-state index contributed by atoms with van der Waals surface area (Å²) in [5, 5.41) is 10.4. The third-order valence-electron chi connectivity index (χ3n) is 5.22. The van der Waals surface area contributed by atoms with E-state index in [1.165, 1.54) is 5.56 Å². The van der Waals surface area contributed by atoms with Crippen LogP contribution in [0, 0.1) is 6.92 Å². The molecule has 0 unspecified atom stereocenters. The number of phenols is 1. The molecule has 144 valence electrons. The van der Waals surface area contributed by atoms with E-state index in [4.69, 9.17) is 14.2 Å². The molecule has 4 rings (SSSR count). The Labute approximate surface area is 159 Å². The maximum atomic E-state index is 10.4. The molecule has 1 N–H and O–H groups in total. The highest BCUT2D eigenvalue weighted by atomic mass is 16.7. The van der Waals surface area contributed by atoms with Crippen LogP contribution in [0.5, 0.6) is 23.0 Å². The summed E-state index contributed by atoms with van der Waals surface area (Å²) in [5.74, 6) is 2.48. The standard InChI is InChI=1S/C21H26N2O4/c1-15-9-17(21(24)20(10-15)25-2)13-23-7-5-22(6-8-23)12-16-3-4-18-19(11-16)27-14-26-18/h3-4,9-11,24H,5-8,12-14H2,1-2H3. The van der Waals surface area contributed by atoms with Gasteiger partial charge in [0.05, 0.1) is 7.11 Å². The monoisotopic (exact) mass is 370 g/mol. The fourth-order valence-corrected chi connectivity index (χ4v) is 3.74. The van der Waals surface area contributed by atoms with Gasteiger partial charge < -0.3 is 19.3 Å². The molecule has 0 radical (unpaired) electrons. The number of aromatic hydroxyl groups is 1. The summed E-state index contributed by atoms with van der Waals surface area (Å²) in [5.41, 5.74) is 3.27. The number of aryl methyl sites for hydroxylation is 1. The number of rotatable bonds is 5. The van der Waals surface area contributed by atoms with E-state index in [0.29, 0.717) is 12.5 Å². The van der Waals surface area contributed by atoms with Gasteiger partial charge in [-0.1, -0.05) is 12.1 Å². The van der Waals surface area contributed by atoms with Crippen molar-refractivity contribution in [2.75, 3.05) is 40.1 Å². The van der Waals surface area contributed by atoms with Crippen molar-refractivity contribution in [1.82, 2.24) is 9.80 Å². The van der Waals surface area contributed by atoms with Gasteiger partial charge >= 0.3 is 0 Å². The maximum Gasteiger partial charge on any atom is 0.231 e. The quantitative estimate of drug-likeness (QED) is 0.874. The number of phenolic OH excluding ortho intramolecular Hbond substituents is 1. The van der Waals surface area contributed by atoms with Gasteiger partial charge in [0.1, 0.15) is 0 Å². The van der Waals surface area contributed by atoms with Crippen molar-refractivity contribution in [3.05, 3.63) is 47.0 Å². The fourth-order valence-electron chi connectivity index (χ4n) is 3.74. The first kappa shape index (κ1) is 17.9. The molecule has 1 saturated heterocycles. The van der Waals surface area contributed by atoms with E-state index in [1.54, 1.807) is 7.11 Å². The van der Waals surface area contributed by atoms with Gasteiger partial charge in [0.15, 0.2) is 23.0 Å². The number of fused-ring (bicyclic) bond motifs is 1. The van der Waals surface area contributed by atoms with Crippen LogP contribution in [0.1, 0.15) is 16.7 Å². The molecule has 0 amide bonds. The summed E-state index contributed by atoms with van der Waals surface area (Å²) in [6, 6.07) is 10.1. The Morgan fingerprint density at radius 3 is 2.41 bits per heavy atom. The molecule has 0 aromatic heterocycles. The molecular formula is C21H26N2O4. The Morgan fingerprint density at radius 1 is 0.963 bits per heavy atom. The van der Waals surface area contributed by atoms with Crippen molar-refractivity contribution < 1.29 is 19.3 Å². The first-order valence-electron chi connectivity index (χ1n) is 9.32. The molecule has 1 fully saturated rings. The number of piperazine rings is 1. The largest absolute Gasteiger partial charge is 0.504 e. The lowest BCUT2D eigenvalue weighted by Crippen LogP contribution is -2.45. The molecule has 2 aromatic carbocycles. The van der Waals surface area contributed by atoms with E-state index in [2.05, 4.69) is 21.9 Å². The number of hydrogen-bond donors (Lipinski definition) is 1. The zero-order valence-electron chi connectivity index (χ0n) is 15.9. The van der Waals surface area contributed by atoms with Crippen molar-refractivity contribution in [3.8, 4) is 23.0 Å². The summed E-state index contributed by atoms with van der Waals surface area (Å²) < 4.78 is 16.1. The zero-order chi connectivity index (χ0) is 18.8. The summed E-state index contributed by atoms with van der Waals surface area (Å²) in [7, 11) is 1.59. The lowest BCUT2D eigenvalue weighted by Gasteiger charge is -2.35. The predicted octanol–water partition coefficient (Wildman–Crippen LogP) is 2.76. The molecule has 6 nitrogen and oxygen atoms in total. The minimum absolute atomic E-state index is 0.255. The van der Waals surface area contributed by atoms with Gasteiger partial charge in [-0.2, -0.15) is 0 Å². The van der Waals surface area contributed by atoms with Gasteiger partial charge in [-0.15, -0.1) is 0 Å². The lowest BCUT2D eigenvalue weighted by atomic mass is 10.1. The number of benzene rings is 2. The Bertz CT molecular complexity index is 816.